The van der Waals surface area contributed by atoms with Crippen molar-refractivity contribution >= 4 is 16.9 Å². The van der Waals surface area contributed by atoms with Gasteiger partial charge < -0.3 is 23.7 Å². The average molecular weight is 336 g/mol. The molecule has 2 aromatic rings. The number of benzene rings is 1. The van der Waals surface area contributed by atoms with Crippen LogP contribution in [0.25, 0.3) is 11.0 Å². The van der Waals surface area contributed by atoms with Crippen molar-refractivity contribution in [1.82, 2.24) is 0 Å². The fraction of sp³-hybridized carbons (Fsp3) is 0.412. The first-order valence-corrected chi connectivity index (χ1v) is 7.72. The van der Waals surface area contributed by atoms with Crippen molar-refractivity contribution in [2.45, 2.75) is 26.7 Å². The molecule has 0 radical (unpaired) electrons. The second-order valence-corrected chi connectivity index (χ2v) is 5.03. The number of para-hydroxylation sites is 1. The molecule has 0 aliphatic heterocycles. The maximum absolute atomic E-state index is 11.9. The number of carbonyl (C=O) groups excluding carboxylic acids is 1. The maximum Gasteiger partial charge on any atom is 0.383 e. The third kappa shape index (κ3) is 4.18. The van der Waals surface area contributed by atoms with Gasteiger partial charge in [0.15, 0.2) is 17.1 Å². The van der Waals surface area contributed by atoms with Gasteiger partial charge in [-0.1, -0.05) is 6.07 Å². The van der Waals surface area contributed by atoms with Gasteiger partial charge in [0.2, 0.25) is 5.75 Å². The minimum absolute atomic E-state index is 0.170. The molecule has 1 aromatic carbocycles. The van der Waals surface area contributed by atoms with E-state index < -0.39 is 5.63 Å². The quantitative estimate of drug-likeness (QED) is 0.450. The van der Waals surface area contributed by atoms with Crippen LogP contribution in [0.1, 0.15) is 26.7 Å². The molecular weight excluding hydrogens is 316 g/mol. The summed E-state index contributed by atoms with van der Waals surface area (Å²) in [7, 11) is 0. The van der Waals surface area contributed by atoms with Crippen LogP contribution in [0.4, 0.5) is 0 Å². The smallest absolute Gasteiger partial charge is 0.383 e. The normalized spacial score (nSPS) is 10.6. The molecule has 0 amide bonds. The van der Waals surface area contributed by atoms with Gasteiger partial charge in [-0.3, -0.25) is 4.79 Å². The van der Waals surface area contributed by atoms with Crippen molar-refractivity contribution in [3.63, 3.8) is 0 Å². The lowest BCUT2D eigenvalue weighted by Gasteiger charge is -2.10. The Bertz CT molecular complexity index is 763. The van der Waals surface area contributed by atoms with Crippen LogP contribution in [0.2, 0.25) is 0 Å². The molecule has 7 nitrogen and oxygen atoms in total. The topological polar surface area (TPSA) is 95.2 Å². The van der Waals surface area contributed by atoms with Crippen LogP contribution in [-0.2, 0) is 9.53 Å². The third-order valence-corrected chi connectivity index (χ3v) is 3.22. The highest BCUT2D eigenvalue weighted by Crippen LogP contribution is 2.35. The number of carbonyl (C=O) groups is 1. The molecular formula is C17H20O7. The van der Waals surface area contributed by atoms with E-state index in [-0.39, 0.29) is 29.7 Å². The summed E-state index contributed by atoms with van der Waals surface area (Å²) >= 11 is 0. The fourth-order valence-electron chi connectivity index (χ4n) is 2.15. The highest BCUT2D eigenvalue weighted by molar-refractivity contribution is 5.89. The van der Waals surface area contributed by atoms with Crippen LogP contribution in [0.3, 0.4) is 0 Å². The second-order valence-electron chi connectivity index (χ2n) is 5.03. The maximum atomic E-state index is 11.9. The van der Waals surface area contributed by atoms with Crippen LogP contribution in [0.5, 0.6) is 17.2 Å². The van der Waals surface area contributed by atoms with Gasteiger partial charge >= 0.3 is 11.6 Å². The Hall–Kier alpha value is -2.70. The number of unbranched alkanes of at least 4 members (excludes halogenated alkanes) is 1. The molecule has 0 aliphatic rings. The Balaban J connectivity index is 2.11. The molecule has 0 aliphatic carbocycles. The van der Waals surface area contributed by atoms with Gasteiger partial charge in [0.1, 0.15) is 0 Å². The van der Waals surface area contributed by atoms with Crippen molar-refractivity contribution in [2.24, 2.45) is 0 Å². The van der Waals surface area contributed by atoms with Gasteiger partial charge in [-0.2, -0.15) is 0 Å². The van der Waals surface area contributed by atoms with Crippen molar-refractivity contribution in [3.8, 4) is 17.2 Å². The highest BCUT2D eigenvalue weighted by Gasteiger charge is 2.17. The van der Waals surface area contributed by atoms with Crippen molar-refractivity contribution in [1.29, 1.82) is 0 Å². The minimum atomic E-state index is -0.757. The summed E-state index contributed by atoms with van der Waals surface area (Å²) in [5, 5.41) is 10.5. The summed E-state index contributed by atoms with van der Waals surface area (Å²) in [4.78, 5) is 22.6. The molecule has 0 atom stereocenters. The summed E-state index contributed by atoms with van der Waals surface area (Å²) in [6.45, 7) is 4.00. The zero-order valence-corrected chi connectivity index (χ0v) is 13.7. The minimum Gasteiger partial charge on any atom is -0.504 e. The van der Waals surface area contributed by atoms with E-state index in [0.717, 1.165) is 0 Å². The SMILES string of the molecule is CCOc1c(O)c2cccc(OCCCCOC(C)=O)c2oc1=O. The van der Waals surface area contributed by atoms with E-state index in [2.05, 4.69) is 0 Å². The molecule has 1 heterocycles. The molecule has 0 spiro atoms. The predicted octanol–water partition coefficient (Wildman–Crippen LogP) is 2.62. The van der Waals surface area contributed by atoms with Gasteiger partial charge in [-0.25, -0.2) is 4.79 Å². The number of hydrogen-bond acceptors (Lipinski definition) is 7. The molecule has 1 aromatic heterocycles. The second kappa shape index (κ2) is 8.24. The first-order valence-electron chi connectivity index (χ1n) is 7.72. The number of esters is 1. The molecule has 0 saturated carbocycles. The van der Waals surface area contributed by atoms with Crippen LogP contribution in [0.15, 0.2) is 27.4 Å². The molecule has 2 rings (SSSR count). The molecule has 0 saturated heterocycles. The van der Waals surface area contributed by atoms with E-state index in [4.69, 9.17) is 18.6 Å². The van der Waals surface area contributed by atoms with E-state index >= 15 is 0 Å². The van der Waals surface area contributed by atoms with Gasteiger partial charge in [0, 0.05) is 6.92 Å². The number of aromatic hydroxyl groups is 1. The van der Waals surface area contributed by atoms with Gasteiger partial charge in [0.05, 0.1) is 25.2 Å². The molecule has 0 bridgehead atoms. The lowest BCUT2D eigenvalue weighted by atomic mass is 10.2. The monoisotopic (exact) mass is 336 g/mol. The lowest BCUT2D eigenvalue weighted by molar-refractivity contribution is -0.141. The van der Waals surface area contributed by atoms with Gasteiger partial charge in [-0.05, 0) is 31.9 Å². The number of rotatable bonds is 8. The van der Waals surface area contributed by atoms with Gasteiger partial charge in [-0.15, -0.1) is 0 Å². The first kappa shape index (κ1) is 17.7. The Kier molecular flexibility index (Phi) is 6.06. The Morgan fingerprint density at radius 3 is 2.67 bits per heavy atom. The standard InChI is InChI=1S/C17H20O7/c1-3-21-16-14(19)12-7-6-8-13(15(12)24-17(16)20)23-10-5-4-9-22-11(2)18/h6-8,19H,3-5,9-10H2,1-2H3. The van der Waals surface area contributed by atoms with Crippen LogP contribution in [-0.4, -0.2) is 30.9 Å². The third-order valence-electron chi connectivity index (χ3n) is 3.22. The van der Waals surface area contributed by atoms with E-state index in [0.29, 0.717) is 37.2 Å². The zero-order valence-electron chi connectivity index (χ0n) is 13.7. The number of ether oxygens (including phenoxy) is 3. The van der Waals surface area contributed by atoms with E-state index in [1.165, 1.54) is 6.92 Å². The van der Waals surface area contributed by atoms with E-state index in [9.17, 15) is 14.7 Å². The number of hydrogen-bond donors (Lipinski definition) is 1. The van der Waals surface area contributed by atoms with E-state index in [1.807, 2.05) is 0 Å². The van der Waals surface area contributed by atoms with Crippen molar-refractivity contribution in [3.05, 3.63) is 28.6 Å². The zero-order chi connectivity index (χ0) is 17.5. The Labute approximate surface area is 138 Å². The predicted molar refractivity (Wildman–Crippen MR) is 86.7 cm³/mol. The fourth-order valence-corrected chi connectivity index (χ4v) is 2.15. The molecule has 0 unspecified atom stereocenters. The summed E-state index contributed by atoms with van der Waals surface area (Å²) in [6.07, 6.45) is 1.32. The highest BCUT2D eigenvalue weighted by atomic mass is 16.5. The summed E-state index contributed by atoms with van der Waals surface area (Å²) in [6, 6.07) is 4.95. The molecule has 130 valence electrons. The van der Waals surface area contributed by atoms with Crippen LogP contribution in [0, 0.1) is 0 Å². The van der Waals surface area contributed by atoms with Crippen LogP contribution < -0.4 is 15.1 Å². The largest absolute Gasteiger partial charge is 0.504 e. The summed E-state index contributed by atoms with van der Waals surface area (Å²) in [5.41, 5.74) is -0.587. The Morgan fingerprint density at radius 2 is 1.96 bits per heavy atom. The number of fused-ring (bicyclic) bond motifs is 1. The molecule has 24 heavy (non-hydrogen) atoms. The van der Waals surface area contributed by atoms with Crippen molar-refractivity contribution < 1.29 is 28.5 Å². The molecule has 7 heteroatoms. The average Bonchev–Trinajstić information content (AvgIpc) is 2.55. The Morgan fingerprint density at radius 1 is 1.21 bits per heavy atom. The molecule has 1 N–H and O–H groups in total. The lowest BCUT2D eigenvalue weighted by Crippen LogP contribution is -2.08. The summed E-state index contributed by atoms with van der Waals surface area (Å²) in [5.74, 6) is -0.422. The van der Waals surface area contributed by atoms with Crippen molar-refractivity contribution in [2.75, 3.05) is 19.8 Å². The molecule has 0 fully saturated rings. The van der Waals surface area contributed by atoms with Crippen LogP contribution >= 0.6 is 0 Å². The first-order chi connectivity index (χ1) is 11.5. The van der Waals surface area contributed by atoms with Gasteiger partial charge in [0.25, 0.3) is 0 Å². The van der Waals surface area contributed by atoms with E-state index in [1.54, 1.807) is 25.1 Å². The summed E-state index contributed by atoms with van der Waals surface area (Å²) < 4.78 is 20.8.